The number of hydrogen-bond donors (Lipinski definition) is 1. The molecular weight excluding hydrogens is 353 g/mol. The van der Waals surface area contributed by atoms with E-state index in [1.165, 1.54) is 17.7 Å². The Morgan fingerprint density at radius 3 is 2.76 bits per heavy atom. The van der Waals surface area contributed by atoms with Crippen LogP contribution in [0.5, 0.6) is 0 Å². The first kappa shape index (κ1) is 16.5. The van der Waals surface area contributed by atoms with Crippen LogP contribution in [0.25, 0.3) is 0 Å². The first-order chi connectivity index (χ1) is 10.1. The maximum Gasteiger partial charge on any atom is 0.123 e. The Morgan fingerprint density at radius 1 is 1.24 bits per heavy atom. The highest BCUT2D eigenvalue weighted by Crippen LogP contribution is 2.27. The molecule has 21 heavy (non-hydrogen) atoms. The van der Waals surface area contributed by atoms with Crippen molar-refractivity contribution in [2.75, 3.05) is 13.1 Å². The normalized spacial score (nSPS) is 12.4. The number of rotatable bonds is 6. The first-order valence-electron chi connectivity index (χ1n) is 7.00. The lowest BCUT2D eigenvalue weighted by Crippen LogP contribution is -2.22. The zero-order chi connectivity index (χ0) is 15.2. The molecule has 0 saturated heterocycles. The Kier molecular flexibility index (Phi) is 6.22. The third-order valence-electron chi connectivity index (χ3n) is 3.43. The molecule has 0 aliphatic heterocycles. The van der Waals surface area contributed by atoms with E-state index in [2.05, 4.69) is 40.3 Å². The van der Waals surface area contributed by atoms with Crippen LogP contribution >= 0.6 is 27.5 Å². The minimum absolute atomic E-state index is 0.245. The van der Waals surface area contributed by atoms with E-state index in [0.717, 1.165) is 23.1 Å². The zero-order valence-electron chi connectivity index (χ0n) is 11.9. The fourth-order valence-corrected chi connectivity index (χ4v) is 2.96. The number of nitrogens with one attached hydrogen (secondary N) is 1. The molecule has 0 radical (unpaired) electrons. The van der Waals surface area contributed by atoms with Crippen molar-refractivity contribution in [3.8, 4) is 0 Å². The van der Waals surface area contributed by atoms with Crippen molar-refractivity contribution in [3.63, 3.8) is 0 Å². The fraction of sp³-hybridized carbons (Fsp3) is 0.294. The van der Waals surface area contributed by atoms with Crippen LogP contribution < -0.4 is 5.32 Å². The summed E-state index contributed by atoms with van der Waals surface area (Å²) in [6, 6.07) is 12.8. The van der Waals surface area contributed by atoms with Gasteiger partial charge in [0.1, 0.15) is 5.82 Å². The third kappa shape index (κ3) is 4.80. The lowest BCUT2D eigenvalue weighted by molar-refractivity contribution is 0.588. The van der Waals surface area contributed by atoms with Crippen LogP contribution in [-0.4, -0.2) is 13.1 Å². The summed E-state index contributed by atoms with van der Waals surface area (Å²) in [4.78, 5) is 0. The SMILES string of the molecule is CCNCC(Cc1cc(F)ccc1Cl)c1cccc(Br)c1. The second kappa shape index (κ2) is 7.92. The maximum absolute atomic E-state index is 13.4. The molecule has 0 spiro atoms. The maximum atomic E-state index is 13.4. The molecular formula is C17H18BrClFN. The summed E-state index contributed by atoms with van der Waals surface area (Å²) in [5, 5.41) is 3.99. The van der Waals surface area contributed by atoms with Crippen LogP contribution in [-0.2, 0) is 6.42 Å². The van der Waals surface area contributed by atoms with Crippen LogP contribution in [0, 0.1) is 5.82 Å². The standard InChI is InChI=1S/C17H18BrClFN/c1-2-21-11-14(12-4-3-5-15(18)9-12)8-13-10-16(20)6-7-17(13)19/h3-7,9-10,14,21H,2,8,11H2,1H3. The molecule has 0 aromatic heterocycles. The highest BCUT2D eigenvalue weighted by molar-refractivity contribution is 9.10. The van der Waals surface area contributed by atoms with Crippen LogP contribution in [0.4, 0.5) is 4.39 Å². The minimum atomic E-state index is -0.245. The molecule has 4 heteroatoms. The minimum Gasteiger partial charge on any atom is -0.316 e. The highest BCUT2D eigenvalue weighted by atomic mass is 79.9. The molecule has 0 heterocycles. The number of benzene rings is 2. The Labute approximate surface area is 138 Å². The van der Waals surface area contributed by atoms with Gasteiger partial charge in [0, 0.05) is 22.0 Å². The van der Waals surface area contributed by atoms with Crippen molar-refractivity contribution in [2.45, 2.75) is 19.3 Å². The second-order valence-corrected chi connectivity index (χ2v) is 6.32. The van der Waals surface area contributed by atoms with E-state index in [9.17, 15) is 4.39 Å². The average Bonchev–Trinajstić information content (AvgIpc) is 2.47. The van der Waals surface area contributed by atoms with Gasteiger partial charge >= 0.3 is 0 Å². The molecule has 112 valence electrons. The summed E-state index contributed by atoms with van der Waals surface area (Å²) in [6.07, 6.45) is 0.708. The van der Waals surface area contributed by atoms with Crippen LogP contribution in [0.2, 0.25) is 5.02 Å². The Morgan fingerprint density at radius 2 is 2.05 bits per heavy atom. The summed E-state index contributed by atoms with van der Waals surface area (Å²) in [6.45, 7) is 3.81. The second-order valence-electron chi connectivity index (χ2n) is 5.00. The molecule has 1 nitrogen and oxygen atoms in total. The Bertz CT molecular complexity index is 603. The monoisotopic (exact) mass is 369 g/mol. The van der Waals surface area contributed by atoms with Crippen LogP contribution in [0.3, 0.4) is 0 Å². The third-order valence-corrected chi connectivity index (χ3v) is 4.30. The smallest absolute Gasteiger partial charge is 0.123 e. The van der Waals surface area contributed by atoms with E-state index in [0.29, 0.717) is 11.4 Å². The van der Waals surface area contributed by atoms with Gasteiger partial charge in [0.25, 0.3) is 0 Å². The Hall–Kier alpha value is -0.900. The summed E-state index contributed by atoms with van der Waals surface area (Å²) >= 11 is 9.70. The topological polar surface area (TPSA) is 12.0 Å². The van der Waals surface area contributed by atoms with Crippen molar-refractivity contribution in [3.05, 3.63) is 68.9 Å². The van der Waals surface area contributed by atoms with E-state index in [4.69, 9.17) is 11.6 Å². The molecule has 0 saturated carbocycles. The van der Waals surface area contributed by atoms with Gasteiger partial charge in [0.2, 0.25) is 0 Å². The number of halogens is 3. The van der Waals surface area contributed by atoms with Gasteiger partial charge in [-0.1, -0.05) is 46.6 Å². The molecule has 2 rings (SSSR count). The van der Waals surface area contributed by atoms with E-state index < -0.39 is 0 Å². The Balaban J connectivity index is 2.25. The molecule has 2 aromatic carbocycles. The van der Waals surface area contributed by atoms with Gasteiger partial charge < -0.3 is 5.32 Å². The highest BCUT2D eigenvalue weighted by Gasteiger charge is 2.15. The van der Waals surface area contributed by atoms with Crippen molar-refractivity contribution in [1.82, 2.24) is 5.32 Å². The molecule has 0 amide bonds. The first-order valence-corrected chi connectivity index (χ1v) is 8.17. The van der Waals surface area contributed by atoms with Gasteiger partial charge in [0.05, 0.1) is 0 Å². The van der Waals surface area contributed by atoms with Gasteiger partial charge in [-0.3, -0.25) is 0 Å². The van der Waals surface area contributed by atoms with E-state index in [-0.39, 0.29) is 11.7 Å². The van der Waals surface area contributed by atoms with E-state index in [1.807, 2.05) is 12.1 Å². The largest absolute Gasteiger partial charge is 0.316 e. The van der Waals surface area contributed by atoms with Gasteiger partial charge in [-0.05, 0) is 54.4 Å². The lowest BCUT2D eigenvalue weighted by Gasteiger charge is -2.19. The number of hydrogen-bond acceptors (Lipinski definition) is 1. The van der Waals surface area contributed by atoms with Crippen molar-refractivity contribution >= 4 is 27.5 Å². The van der Waals surface area contributed by atoms with Crippen LogP contribution in [0.1, 0.15) is 24.0 Å². The van der Waals surface area contributed by atoms with E-state index in [1.54, 1.807) is 6.07 Å². The molecule has 1 unspecified atom stereocenters. The van der Waals surface area contributed by atoms with Crippen molar-refractivity contribution in [2.24, 2.45) is 0 Å². The van der Waals surface area contributed by atoms with Crippen molar-refractivity contribution < 1.29 is 4.39 Å². The van der Waals surface area contributed by atoms with Crippen LogP contribution in [0.15, 0.2) is 46.9 Å². The number of likely N-dealkylation sites (N-methyl/N-ethyl adjacent to an activating group) is 1. The fourth-order valence-electron chi connectivity index (χ4n) is 2.35. The molecule has 1 atom stereocenters. The molecule has 0 aliphatic rings. The predicted molar refractivity (Wildman–Crippen MR) is 90.5 cm³/mol. The molecule has 0 aliphatic carbocycles. The molecule has 0 bridgehead atoms. The average molecular weight is 371 g/mol. The molecule has 2 aromatic rings. The van der Waals surface area contributed by atoms with Crippen molar-refractivity contribution in [1.29, 1.82) is 0 Å². The summed E-state index contributed by atoms with van der Waals surface area (Å²) < 4.78 is 14.5. The molecule has 1 N–H and O–H groups in total. The predicted octanol–water partition coefficient (Wildman–Crippen LogP) is 5.18. The lowest BCUT2D eigenvalue weighted by atomic mass is 9.92. The van der Waals surface area contributed by atoms with Gasteiger partial charge in [0.15, 0.2) is 0 Å². The van der Waals surface area contributed by atoms with Gasteiger partial charge in [-0.15, -0.1) is 0 Å². The molecule has 0 fully saturated rings. The summed E-state index contributed by atoms with van der Waals surface area (Å²) in [5.74, 6) is 0.00703. The van der Waals surface area contributed by atoms with Gasteiger partial charge in [-0.25, -0.2) is 4.39 Å². The van der Waals surface area contributed by atoms with Gasteiger partial charge in [-0.2, -0.15) is 0 Å². The zero-order valence-corrected chi connectivity index (χ0v) is 14.2. The quantitative estimate of drug-likeness (QED) is 0.739. The van der Waals surface area contributed by atoms with E-state index >= 15 is 0 Å². The summed E-state index contributed by atoms with van der Waals surface area (Å²) in [5.41, 5.74) is 2.06. The summed E-state index contributed by atoms with van der Waals surface area (Å²) in [7, 11) is 0.